The number of nitrogens with zero attached hydrogens (tertiary/aromatic N) is 7. The zero-order chi connectivity index (χ0) is 75.2. The van der Waals surface area contributed by atoms with Gasteiger partial charge in [-0.3, -0.25) is 4.98 Å². The second-order valence-corrected chi connectivity index (χ2v) is 30.0. The van der Waals surface area contributed by atoms with E-state index in [9.17, 15) is 0 Å². The van der Waals surface area contributed by atoms with Crippen LogP contribution in [-0.4, -0.2) is 24.1 Å². The molecule has 0 spiro atoms. The summed E-state index contributed by atoms with van der Waals surface area (Å²) in [5, 5.41) is 24.5. The van der Waals surface area contributed by atoms with E-state index in [-0.39, 0.29) is 0 Å². The minimum absolute atomic E-state index is 0.652. The van der Waals surface area contributed by atoms with Crippen molar-refractivity contribution in [2.75, 3.05) is 0 Å². The van der Waals surface area contributed by atoms with Crippen molar-refractivity contribution in [3.63, 3.8) is 0 Å². The van der Waals surface area contributed by atoms with Crippen LogP contribution in [-0.2, 0) is 0 Å². The van der Waals surface area contributed by atoms with Crippen LogP contribution < -0.4 is 0 Å². The number of hydrogen-bond acceptors (Lipinski definition) is 3. The summed E-state index contributed by atoms with van der Waals surface area (Å²) in [5.74, 6) is 0. The van der Waals surface area contributed by atoms with Gasteiger partial charge in [0.25, 0.3) is 0 Å². The van der Waals surface area contributed by atoms with E-state index in [2.05, 4.69) is 327 Å². The highest BCUT2D eigenvalue weighted by Gasteiger charge is 2.23. The van der Waals surface area contributed by atoms with Crippen molar-refractivity contribution in [2.24, 2.45) is 0 Å². The van der Waals surface area contributed by atoms with E-state index < -0.39 is 0 Å². The summed E-state index contributed by atoms with van der Waals surface area (Å²) >= 11 is 0. The van der Waals surface area contributed by atoms with Gasteiger partial charge in [0, 0.05) is 78.6 Å². The predicted molar refractivity (Wildman–Crippen MR) is 476 cm³/mol. The molecule has 0 atom stereocenters. The van der Waals surface area contributed by atoms with Crippen molar-refractivity contribution in [3.8, 4) is 101 Å². The van der Waals surface area contributed by atoms with Crippen LogP contribution in [0.1, 0.15) is 0 Å². The Hall–Kier alpha value is -15.7. The molecular weight excluding hydrogens is 1380 g/mol. The lowest BCUT2D eigenvalue weighted by molar-refractivity contribution is 1.18. The SMILES string of the molecule is [C-]#[N+]c1cc2ccc3cc(-c4ccc(-c5cc6ccc7cc(-c8cccc(-c9ccccc9)n8)cc8ccc(c5)c6c78)cc4)cc4c3c2c(c1)n4-c1ccccc1.[C-]#[N+]c1cc2ccc3cc(-c4ccc(-c5cc6ccc7cc(-c8cccc(-c9ccncc9)n8)cc8ccc(c5)c6c78)cc4)cc4c3c2c(c1)n4-c1ccccc1. The molecule has 0 bridgehead atoms. The molecular formula is C107H61N7. The monoisotopic (exact) mass is 1440 g/mol. The molecule has 0 saturated carbocycles. The maximum absolute atomic E-state index is 7.79. The van der Waals surface area contributed by atoms with Crippen molar-refractivity contribution in [1.29, 1.82) is 0 Å². The molecule has 0 saturated heterocycles. The maximum atomic E-state index is 7.79. The fourth-order valence-electron chi connectivity index (χ4n) is 18.3. The van der Waals surface area contributed by atoms with Gasteiger partial charge in [0.05, 0.1) is 47.0 Å². The van der Waals surface area contributed by atoms with Gasteiger partial charge in [-0.05, 0) is 288 Å². The molecule has 5 heterocycles. The van der Waals surface area contributed by atoms with Crippen molar-refractivity contribution in [3.05, 3.63) is 393 Å². The molecule has 0 fully saturated rings. The number of hydrogen-bond donors (Lipinski definition) is 0. The molecule has 7 heteroatoms. The second kappa shape index (κ2) is 25.5. The third-order valence-electron chi connectivity index (χ3n) is 23.5. The van der Waals surface area contributed by atoms with E-state index in [1.165, 1.54) is 130 Å². The van der Waals surface area contributed by atoms with Gasteiger partial charge in [-0.15, -0.1) is 0 Å². The first kappa shape index (κ1) is 64.3. The van der Waals surface area contributed by atoms with Crippen molar-refractivity contribution in [1.82, 2.24) is 24.1 Å². The number of benzene rings is 19. The molecule has 7 nitrogen and oxygen atoms in total. The second-order valence-electron chi connectivity index (χ2n) is 30.0. The molecule has 0 radical (unpaired) electrons. The first-order valence-corrected chi connectivity index (χ1v) is 38.5. The normalized spacial score (nSPS) is 11.8. The summed E-state index contributed by atoms with van der Waals surface area (Å²) in [6.45, 7) is 15.6. The number of rotatable bonds is 10. The van der Waals surface area contributed by atoms with Crippen molar-refractivity contribution in [2.45, 2.75) is 0 Å². The van der Waals surface area contributed by atoms with Gasteiger partial charge in [0.2, 0.25) is 0 Å². The number of pyridine rings is 3. The summed E-state index contributed by atoms with van der Waals surface area (Å²) < 4.78 is 4.64. The van der Waals surface area contributed by atoms with Gasteiger partial charge in [0.15, 0.2) is 11.4 Å². The lowest BCUT2D eigenvalue weighted by Gasteiger charge is -2.15. The predicted octanol–water partition coefficient (Wildman–Crippen LogP) is 29.2. The molecule has 5 aromatic heterocycles. The minimum atomic E-state index is 0.652. The molecule has 0 amide bonds. The molecule has 0 aliphatic carbocycles. The zero-order valence-corrected chi connectivity index (χ0v) is 61.3. The Bertz CT molecular complexity index is 7460. The molecule has 24 aromatic rings. The number of aromatic nitrogens is 5. The average molecular weight is 1440 g/mol. The highest BCUT2D eigenvalue weighted by Crippen LogP contribution is 2.48. The van der Waals surface area contributed by atoms with Gasteiger partial charge >= 0.3 is 0 Å². The van der Waals surface area contributed by atoms with Crippen LogP contribution in [0.25, 0.3) is 240 Å². The van der Waals surface area contributed by atoms with Gasteiger partial charge < -0.3 is 9.13 Å². The fourth-order valence-corrected chi connectivity index (χ4v) is 18.3. The minimum Gasteiger partial charge on any atom is -0.310 e. The quantitative estimate of drug-likeness (QED) is 0.101. The van der Waals surface area contributed by atoms with E-state index in [0.717, 1.165) is 100 Å². The first-order chi connectivity index (χ1) is 56.3. The molecule has 0 unspecified atom stereocenters. The lowest BCUT2D eigenvalue weighted by Crippen LogP contribution is -1.93. The third-order valence-corrected chi connectivity index (χ3v) is 23.5. The van der Waals surface area contributed by atoms with Gasteiger partial charge in [-0.1, -0.05) is 200 Å². The van der Waals surface area contributed by atoms with Crippen LogP contribution in [0.5, 0.6) is 0 Å². The first-order valence-electron chi connectivity index (χ1n) is 38.5. The fraction of sp³-hybridized carbons (Fsp3) is 0. The summed E-state index contributed by atoms with van der Waals surface area (Å²) in [5.41, 5.74) is 25.6. The molecule has 114 heavy (non-hydrogen) atoms. The topological polar surface area (TPSA) is 57.2 Å². The van der Waals surface area contributed by atoms with E-state index in [4.69, 9.17) is 23.1 Å². The van der Waals surface area contributed by atoms with Crippen LogP contribution in [0.3, 0.4) is 0 Å². The summed E-state index contributed by atoms with van der Waals surface area (Å²) in [4.78, 5) is 21.9. The maximum Gasteiger partial charge on any atom is 0.189 e. The Balaban J connectivity index is 0.000000135. The van der Waals surface area contributed by atoms with E-state index in [0.29, 0.717) is 11.4 Å². The highest BCUT2D eigenvalue weighted by molar-refractivity contribution is 6.29. The Kier molecular flexibility index (Phi) is 14.4. The zero-order valence-electron chi connectivity index (χ0n) is 61.3. The Labute approximate surface area is 655 Å². The smallest absolute Gasteiger partial charge is 0.189 e. The molecule has 19 aromatic carbocycles. The highest BCUT2D eigenvalue weighted by atomic mass is 15.0. The van der Waals surface area contributed by atoms with Crippen LogP contribution in [0, 0.1) is 13.1 Å². The molecule has 0 N–H and O–H groups in total. The summed E-state index contributed by atoms with van der Waals surface area (Å²) in [6.07, 6.45) is 3.62. The Morgan fingerprint density at radius 3 is 0.763 bits per heavy atom. The summed E-state index contributed by atoms with van der Waals surface area (Å²) in [7, 11) is 0. The van der Waals surface area contributed by atoms with Crippen LogP contribution >= 0.6 is 0 Å². The van der Waals surface area contributed by atoms with Crippen molar-refractivity contribution >= 4 is 141 Å². The molecule has 24 rings (SSSR count). The van der Waals surface area contributed by atoms with Gasteiger partial charge in [-0.25, -0.2) is 19.7 Å². The van der Waals surface area contributed by atoms with E-state index in [1.807, 2.05) is 67.0 Å². The van der Waals surface area contributed by atoms with Gasteiger partial charge in [-0.2, -0.15) is 0 Å². The van der Waals surface area contributed by atoms with Crippen LogP contribution in [0.2, 0.25) is 0 Å². The van der Waals surface area contributed by atoms with E-state index >= 15 is 0 Å². The average Bonchev–Trinajstić information content (AvgIpc) is 1.47. The number of para-hydroxylation sites is 2. The van der Waals surface area contributed by atoms with Crippen molar-refractivity contribution < 1.29 is 0 Å². The third kappa shape index (κ3) is 10.4. The summed E-state index contributed by atoms with van der Waals surface area (Å²) in [6, 6.07) is 128. The molecule has 0 aliphatic heterocycles. The Morgan fingerprint density at radius 1 is 0.193 bits per heavy atom. The van der Waals surface area contributed by atoms with Gasteiger partial charge in [0.1, 0.15) is 0 Å². The molecule has 524 valence electrons. The van der Waals surface area contributed by atoms with Crippen LogP contribution in [0.4, 0.5) is 11.4 Å². The largest absolute Gasteiger partial charge is 0.310 e. The Morgan fingerprint density at radius 2 is 0.447 bits per heavy atom. The standard InChI is InChI=1S/C54H31N3.C53H30N4/c1-55-45-30-41-24-23-40-27-43(31-49-53(40)54(41)50(32-45)57(49)46-11-6-3-7-12-46)34-17-15-33(16-18-34)42-25-36-19-21-38-28-44(29-39-22-20-37(26-42)51(36)52(38)39)48-14-8-13-47(56-48)35-9-4-2-5-10-35;1-54-44-29-40-19-18-39-26-42(30-48-52(39)53(40)49(31-44)57(48)45-6-3-2-4-7-45)33-12-10-32(11-13-33)41-24-35-14-16-37-27-43(28-38-17-15-36(25-41)50(35)51(37)38)47-9-5-8-46(56-47)34-20-22-55-23-21-34/h2-32H;2-31H. The molecule has 0 aliphatic rings. The van der Waals surface area contributed by atoms with Crippen LogP contribution in [0.15, 0.2) is 370 Å². The lowest BCUT2D eigenvalue weighted by atomic mass is 9.89. The van der Waals surface area contributed by atoms with E-state index in [1.54, 1.807) is 0 Å².